The largest absolute Gasteiger partial charge is 0.493 e. The fraction of sp³-hybridized carbons (Fsp3) is 0.200. The third-order valence-electron chi connectivity index (χ3n) is 4.11. The van der Waals surface area contributed by atoms with Gasteiger partial charge in [0.15, 0.2) is 15.8 Å². The Kier molecular flexibility index (Phi) is 7.76. The van der Waals surface area contributed by atoms with E-state index in [-0.39, 0.29) is 27.9 Å². The molecular formula is C20H17F3N4O4S2. The van der Waals surface area contributed by atoms with Crippen LogP contribution in [0.1, 0.15) is 15.9 Å². The van der Waals surface area contributed by atoms with Gasteiger partial charge in [-0.3, -0.25) is 14.9 Å². The van der Waals surface area contributed by atoms with Gasteiger partial charge in [-0.25, -0.2) is 0 Å². The summed E-state index contributed by atoms with van der Waals surface area (Å²) in [6, 6.07) is 9.54. The molecule has 33 heavy (non-hydrogen) atoms. The Labute approximate surface area is 194 Å². The first-order valence-electron chi connectivity index (χ1n) is 9.17. The van der Waals surface area contributed by atoms with Crippen molar-refractivity contribution >= 4 is 45.7 Å². The van der Waals surface area contributed by atoms with Gasteiger partial charge in [0, 0.05) is 0 Å². The predicted octanol–water partition coefficient (Wildman–Crippen LogP) is 4.56. The molecule has 0 radical (unpaired) electrons. The summed E-state index contributed by atoms with van der Waals surface area (Å²) >= 11 is 1.99. The van der Waals surface area contributed by atoms with Gasteiger partial charge in [0.25, 0.3) is 5.91 Å². The monoisotopic (exact) mass is 498 g/mol. The molecule has 3 rings (SSSR count). The van der Waals surface area contributed by atoms with Crippen molar-refractivity contribution in [1.29, 1.82) is 0 Å². The molecule has 1 heterocycles. The minimum absolute atomic E-state index is 0.176. The lowest BCUT2D eigenvalue weighted by atomic mass is 10.1. The predicted molar refractivity (Wildman–Crippen MR) is 118 cm³/mol. The summed E-state index contributed by atoms with van der Waals surface area (Å²) in [6.45, 7) is 0. The molecule has 0 saturated carbocycles. The summed E-state index contributed by atoms with van der Waals surface area (Å²) in [5.41, 5.74) is -1.03. The molecule has 0 atom stereocenters. The molecule has 0 fully saturated rings. The van der Waals surface area contributed by atoms with Gasteiger partial charge >= 0.3 is 6.18 Å². The highest BCUT2D eigenvalue weighted by Gasteiger charge is 2.33. The maximum absolute atomic E-state index is 13.0. The Morgan fingerprint density at radius 1 is 1.03 bits per heavy atom. The Morgan fingerprint density at radius 3 is 2.48 bits per heavy atom. The van der Waals surface area contributed by atoms with Gasteiger partial charge in [0.2, 0.25) is 11.0 Å². The zero-order chi connectivity index (χ0) is 24.0. The summed E-state index contributed by atoms with van der Waals surface area (Å²) < 4.78 is 49.9. The minimum Gasteiger partial charge on any atom is -0.493 e. The molecule has 3 aromatic rings. The normalized spacial score (nSPS) is 11.1. The van der Waals surface area contributed by atoms with Crippen molar-refractivity contribution in [3.63, 3.8) is 0 Å². The van der Waals surface area contributed by atoms with Crippen LogP contribution in [-0.4, -0.2) is 42.0 Å². The van der Waals surface area contributed by atoms with Crippen molar-refractivity contribution in [2.45, 2.75) is 10.5 Å². The molecule has 2 N–H and O–H groups in total. The molecule has 13 heteroatoms. The molecule has 2 amide bonds. The number of hydrogen-bond acceptors (Lipinski definition) is 8. The van der Waals surface area contributed by atoms with Gasteiger partial charge < -0.3 is 14.8 Å². The number of ether oxygens (including phenoxy) is 2. The van der Waals surface area contributed by atoms with Crippen molar-refractivity contribution in [3.05, 3.63) is 53.6 Å². The summed E-state index contributed by atoms with van der Waals surface area (Å²) in [7, 11) is 2.86. The quantitative estimate of drug-likeness (QED) is 0.347. The van der Waals surface area contributed by atoms with E-state index in [1.807, 2.05) is 0 Å². The molecule has 8 nitrogen and oxygen atoms in total. The van der Waals surface area contributed by atoms with E-state index in [0.717, 1.165) is 29.2 Å². The first-order chi connectivity index (χ1) is 15.7. The third kappa shape index (κ3) is 6.14. The first-order valence-corrected chi connectivity index (χ1v) is 11.0. The number of halogens is 3. The number of thioether (sulfide) groups is 1. The van der Waals surface area contributed by atoms with E-state index in [4.69, 9.17) is 9.47 Å². The van der Waals surface area contributed by atoms with Crippen molar-refractivity contribution in [2.24, 2.45) is 0 Å². The number of carbonyl (C=O) groups excluding carboxylic acids is 2. The van der Waals surface area contributed by atoms with Crippen molar-refractivity contribution in [1.82, 2.24) is 10.2 Å². The van der Waals surface area contributed by atoms with Crippen LogP contribution in [0.5, 0.6) is 11.5 Å². The summed E-state index contributed by atoms with van der Waals surface area (Å²) in [6.07, 6.45) is -4.59. The van der Waals surface area contributed by atoms with Crippen LogP contribution in [0.2, 0.25) is 0 Å². The number of hydrogen-bond donors (Lipinski definition) is 2. The lowest BCUT2D eigenvalue weighted by Gasteiger charge is -2.13. The number of nitrogens with one attached hydrogen (secondary N) is 2. The maximum Gasteiger partial charge on any atom is 0.418 e. The highest BCUT2D eigenvalue weighted by molar-refractivity contribution is 8.01. The lowest BCUT2D eigenvalue weighted by Crippen LogP contribution is -2.18. The van der Waals surface area contributed by atoms with Crippen LogP contribution in [0.15, 0.2) is 46.8 Å². The van der Waals surface area contributed by atoms with Gasteiger partial charge in [-0.15, -0.1) is 10.2 Å². The second kappa shape index (κ2) is 10.5. The minimum atomic E-state index is -4.59. The molecule has 0 aliphatic heterocycles. The number of nitrogens with zero attached hydrogens (tertiary/aromatic N) is 2. The van der Waals surface area contributed by atoms with Crippen LogP contribution in [0, 0.1) is 0 Å². The number of amides is 2. The third-order valence-corrected chi connectivity index (χ3v) is 6.08. The molecule has 2 aromatic carbocycles. The molecule has 0 aliphatic carbocycles. The number of aromatic nitrogens is 2. The fourth-order valence-corrected chi connectivity index (χ4v) is 4.25. The van der Waals surface area contributed by atoms with Crippen LogP contribution >= 0.6 is 23.1 Å². The Morgan fingerprint density at radius 2 is 1.79 bits per heavy atom. The summed E-state index contributed by atoms with van der Waals surface area (Å²) in [5.74, 6) is -0.693. The average Bonchev–Trinajstić information content (AvgIpc) is 3.23. The van der Waals surface area contributed by atoms with Crippen LogP contribution in [0.3, 0.4) is 0 Å². The SMILES string of the molecule is COc1cccc(C(=O)Nc2nnc(SCC(=O)Nc3ccccc3C(F)(F)F)s2)c1OC. The Bertz CT molecular complexity index is 1150. The molecule has 0 saturated heterocycles. The van der Waals surface area contributed by atoms with E-state index in [0.29, 0.717) is 10.1 Å². The standard InChI is InChI=1S/C20H17F3N4O4S2/c1-30-14-9-5-6-11(16(14)31-2)17(29)25-18-26-27-19(33-18)32-10-15(28)24-13-8-4-3-7-12(13)20(21,22)23/h3-9H,10H2,1-2H3,(H,24,28)(H,25,26,29). The second-order valence-electron chi connectivity index (χ2n) is 6.25. The van der Waals surface area contributed by atoms with Gasteiger partial charge in [-0.1, -0.05) is 41.3 Å². The highest BCUT2D eigenvalue weighted by atomic mass is 32.2. The number of alkyl halides is 3. The number of carbonyl (C=O) groups is 2. The fourth-order valence-electron chi connectivity index (χ4n) is 2.70. The zero-order valence-corrected chi connectivity index (χ0v) is 18.9. The number of anilines is 2. The number of rotatable bonds is 8. The van der Waals surface area contributed by atoms with Crippen LogP contribution in [0.4, 0.5) is 24.0 Å². The number of para-hydroxylation sites is 2. The van der Waals surface area contributed by atoms with E-state index in [9.17, 15) is 22.8 Å². The van der Waals surface area contributed by atoms with Gasteiger partial charge in [-0.2, -0.15) is 13.2 Å². The second-order valence-corrected chi connectivity index (χ2v) is 8.45. The van der Waals surface area contributed by atoms with Gasteiger partial charge in [-0.05, 0) is 24.3 Å². The highest BCUT2D eigenvalue weighted by Crippen LogP contribution is 2.35. The molecule has 0 spiro atoms. The van der Waals surface area contributed by atoms with E-state index in [1.54, 1.807) is 18.2 Å². The van der Waals surface area contributed by atoms with E-state index in [1.165, 1.54) is 32.4 Å². The average molecular weight is 499 g/mol. The van der Waals surface area contributed by atoms with Crippen LogP contribution in [0.25, 0.3) is 0 Å². The molecule has 0 aliphatic rings. The van der Waals surface area contributed by atoms with E-state index < -0.39 is 23.6 Å². The van der Waals surface area contributed by atoms with Gasteiger partial charge in [0.05, 0.1) is 36.8 Å². The van der Waals surface area contributed by atoms with Crippen molar-refractivity contribution < 1.29 is 32.2 Å². The van der Waals surface area contributed by atoms with Gasteiger partial charge in [0.1, 0.15) is 0 Å². The van der Waals surface area contributed by atoms with Crippen molar-refractivity contribution in [2.75, 3.05) is 30.6 Å². The van der Waals surface area contributed by atoms with E-state index in [2.05, 4.69) is 20.8 Å². The first kappa shape index (κ1) is 24.3. The Balaban J connectivity index is 1.60. The lowest BCUT2D eigenvalue weighted by molar-refractivity contribution is -0.137. The topological polar surface area (TPSA) is 102 Å². The molecular weight excluding hydrogens is 481 g/mol. The van der Waals surface area contributed by atoms with E-state index >= 15 is 0 Å². The molecule has 174 valence electrons. The summed E-state index contributed by atoms with van der Waals surface area (Å²) in [5, 5.41) is 12.7. The van der Waals surface area contributed by atoms with Crippen LogP contribution in [-0.2, 0) is 11.0 Å². The van der Waals surface area contributed by atoms with Crippen LogP contribution < -0.4 is 20.1 Å². The van der Waals surface area contributed by atoms with Crippen molar-refractivity contribution in [3.8, 4) is 11.5 Å². The molecule has 0 unspecified atom stereocenters. The maximum atomic E-state index is 13.0. The molecule has 1 aromatic heterocycles. The smallest absolute Gasteiger partial charge is 0.418 e. The number of methoxy groups -OCH3 is 2. The molecule has 0 bridgehead atoms. The Hall–Kier alpha value is -3.32. The summed E-state index contributed by atoms with van der Waals surface area (Å²) in [4.78, 5) is 24.7. The number of benzene rings is 2. The zero-order valence-electron chi connectivity index (χ0n) is 17.2.